The van der Waals surface area contributed by atoms with Crippen molar-refractivity contribution in [1.29, 1.82) is 0 Å². The summed E-state index contributed by atoms with van der Waals surface area (Å²) in [6.45, 7) is 0. The molecule has 0 saturated carbocycles. The summed E-state index contributed by atoms with van der Waals surface area (Å²) < 4.78 is 0. The molecule has 3 aromatic heterocycles. The predicted molar refractivity (Wildman–Crippen MR) is 78.3 cm³/mol. The average molecular weight is 280 g/mol. The average Bonchev–Trinajstić information content (AvgIpc) is 2.51. The van der Waals surface area contributed by atoms with Crippen LogP contribution in [-0.2, 0) is 0 Å². The lowest BCUT2D eigenvalue weighted by atomic mass is 10.2. The van der Waals surface area contributed by atoms with E-state index in [2.05, 4.69) is 20.3 Å². The molecule has 0 aliphatic heterocycles. The van der Waals surface area contributed by atoms with E-state index in [0.717, 1.165) is 0 Å². The minimum absolute atomic E-state index is 0.0168. The molecule has 0 spiro atoms. The monoisotopic (exact) mass is 280 g/mol. The van der Waals surface area contributed by atoms with Crippen LogP contribution < -0.4 is 5.32 Å². The van der Waals surface area contributed by atoms with Crippen LogP contribution in [0.4, 0.5) is 11.6 Å². The van der Waals surface area contributed by atoms with E-state index in [9.17, 15) is 10.2 Å². The second-order valence-corrected chi connectivity index (χ2v) is 4.31. The van der Waals surface area contributed by atoms with Crippen molar-refractivity contribution < 1.29 is 10.2 Å². The van der Waals surface area contributed by atoms with Crippen LogP contribution in [0, 0.1) is 0 Å². The fourth-order valence-electron chi connectivity index (χ4n) is 1.78. The van der Waals surface area contributed by atoms with E-state index >= 15 is 0 Å². The molecule has 0 saturated heterocycles. The highest BCUT2D eigenvalue weighted by molar-refractivity contribution is 5.65. The highest BCUT2D eigenvalue weighted by Crippen LogP contribution is 2.27. The van der Waals surface area contributed by atoms with Crippen LogP contribution >= 0.6 is 0 Å². The summed E-state index contributed by atoms with van der Waals surface area (Å²) in [6.07, 6.45) is 2.99. The quantitative estimate of drug-likeness (QED) is 0.683. The number of hydrogen-bond donors (Lipinski definition) is 3. The molecule has 3 rings (SSSR count). The van der Waals surface area contributed by atoms with Crippen LogP contribution in [0.5, 0.6) is 11.5 Å². The Morgan fingerprint density at radius 2 is 1.71 bits per heavy atom. The summed E-state index contributed by atoms with van der Waals surface area (Å²) in [6, 6.07) is 11.8. The fraction of sp³-hybridized carbons (Fsp3) is 0. The first-order valence-corrected chi connectivity index (χ1v) is 6.26. The van der Waals surface area contributed by atoms with Gasteiger partial charge in [-0.3, -0.25) is 4.98 Å². The van der Waals surface area contributed by atoms with Gasteiger partial charge in [-0.05, 0) is 36.4 Å². The standard InChI is InChI=1S/C15H12N4O2/c20-10-4-5-11(17-9-10)12-6-7-13(21)15(18-12)19-14-3-1-2-8-16-14/h1-9,20-21H,(H,16,18,19). The highest BCUT2D eigenvalue weighted by atomic mass is 16.3. The van der Waals surface area contributed by atoms with Gasteiger partial charge in [0, 0.05) is 6.20 Å². The molecular formula is C15H12N4O2. The molecule has 3 heterocycles. The number of rotatable bonds is 3. The number of aromatic nitrogens is 3. The lowest BCUT2D eigenvalue weighted by molar-refractivity contribution is 0.472. The van der Waals surface area contributed by atoms with E-state index < -0.39 is 0 Å². The number of nitrogens with one attached hydrogen (secondary N) is 1. The van der Waals surface area contributed by atoms with E-state index in [4.69, 9.17) is 0 Å². The van der Waals surface area contributed by atoms with E-state index in [1.54, 1.807) is 30.5 Å². The molecular weight excluding hydrogens is 268 g/mol. The van der Waals surface area contributed by atoms with Gasteiger partial charge >= 0.3 is 0 Å². The van der Waals surface area contributed by atoms with Crippen molar-refractivity contribution >= 4 is 11.6 Å². The summed E-state index contributed by atoms with van der Waals surface area (Å²) in [5, 5.41) is 22.1. The largest absolute Gasteiger partial charge is 0.506 e. The van der Waals surface area contributed by atoms with Crippen molar-refractivity contribution in [3.63, 3.8) is 0 Å². The molecule has 0 radical (unpaired) electrons. The lowest BCUT2D eigenvalue weighted by Gasteiger charge is -2.08. The summed E-state index contributed by atoms with van der Waals surface area (Å²) in [5.41, 5.74) is 1.17. The van der Waals surface area contributed by atoms with Gasteiger partial charge in [-0.15, -0.1) is 0 Å². The molecule has 0 atom stereocenters. The molecule has 3 aromatic rings. The van der Waals surface area contributed by atoms with Crippen LogP contribution in [-0.4, -0.2) is 25.2 Å². The Balaban J connectivity index is 1.94. The van der Waals surface area contributed by atoms with Gasteiger partial charge in [0.2, 0.25) is 0 Å². The van der Waals surface area contributed by atoms with Gasteiger partial charge in [-0.2, -0.15) is 0 Å². The van der Waals surface area contributed by atoms with Gasteiger partial charge in [0.15, 0.2) is 11.6 Å². The predicted octanol–water partition coefficient (Wildman–Crippen LogP) is 2.69. The number of anilines is 2. The van der Waals surface area contributed by atoms with Crippen molar-refractivity contribution in [3.8, 4) is 22.9 Å². The highest BCUT2D eigenvalue weighted by Gasteiger charge is 2.08. The molecule has 0 aliphatic rings. The molecule has 0 fully saturated rings. The van der Waals surface area contributed by atoms with E-state index in [1.165, 1.54) is 18.3 Å². The van der Waals surface area contributed by atoms with Crippen LogP contribution in [0.15, 0.2) is 54.9 Å². The maximum absolute atomic E-state index is 9.87. The van der Waals surface area contributed by atoms with Crippen LogP contribution in [0.1, 0.15) is 0 Å². The summed E-state index contributed by atoms with van der Waals surface area (Å²) in [5.74, 6) is 0.977. The second kappa shape index (κ2) is 5.46. The zero-order chi connectivity index (χ0) is 14.7. The van der Waals surface area contributed by atoms with Crippen LogP contribution in [0.3, 0.4) is 0 Å². The van der Waals surface area contributed by atoms with E-state index in [0.29, 0.717) is 23.0 Å². The minimum atomic E-state index is 0.0168. The minimum Gasteiger partial charge on any atom is -0.506 e. The van der Waals surface area contributed by atoms with E-state index in [1.807, 2.05) is 6.07 Å². The van der Waals surface area contributed by atoms with Gasteiger partial charge in [-0.1, -0.05) is 6.07 Å². The SMILES string of the molecule is Oc1ccc(-c2ccc(O)c(Nc3ccccn3)n2)nc1. The third-order valence-corrected chi connectivity index (χ3v) is 2.80. The Labute approximate surface area is 120 Å². The molecule has 6 nitrogen and oxygen atoms in total. The topological polar surface area (TPSA) is 91.2 Å². The number of nitrogens with zero attached hydrogens (tertiary/aromatic N) is 3. The van der Waals surface area contributed by atoms with Gasteiger partial charge in [0.25, 0.3) is 0 Å². The Hall–Kier alpha value is -3.15. The van der Waals surface area contributed by atoms with Crippen molar-refractivity contribution in [3.05, 3.63) is 54.9 Å². The summed E-state index contributed by atoms with van der Waals surface area (Å²) in [4.78, 5) is 12.5. The Kier molecular flexibility index (Phi) is 3.34. The van der Waals surface area contributed by atoms with Crippen molar-refractivity contribution in [2.75, 3.05) is 5.32 Å². The molecule has 0 amide bonds. The Morgan fingerprint density at radius 1 is 0.857 bits per heavy atom. The molecule has 0 aliphatic carbocycles. The van der Waals surface area contributed by atoms with Gasteiger partial charge in [0.05, 0.1) is 17.6 Å². The van der Waals surface area contributed by atoms with E-state index in [-0.39, 0.29) is 11.5 Å². The number of hydrogen-bond acceptors (Lipinski definition) is 6. The maximum Gasteiger partial charge on any atom is 0.174 e. The van der Waals surface area contributed by atoms with Gasteiger partial charge < -0.3 is 15.5 Å². The number of aromatic hydroxyl groups is 2. The maximum atomic E-state index is 9.87. The van der Waals surface area contributed by atoms with Crippen molar-refractivity contribution in [2.24, 2.45) is 0 Å². The summed E-state index contributed by atoms with van der Waals surface area (Å²) in [7, 11) is 0. The van der Waals surface area contributed by atoms with Crippen molar-refractivity contribution in [2.45, 2.75) is 0 Å². The first-order valence-electron chi connectivity index (χ1n) is 6.26. The molecule has 3 N–H and O–H groups in total. The second-order valence-electron chi connectivity index (χ2n) is 4.31. The molecule has 104 valence electrons. The third-order valence-electron chi connectivity index (χ3n) is 2.80. The first kappa shape index (κ1) is 12.9. The smallest absolute Gasteiger partial charge is 0.174 e. The number of pyridine rings is 3. The normalized spacial score (nSPS) is 10.3. The molecule has 0 unspecified atom stereocenters. The van der Waals surface area contributed by atoms with Crippen molar-refractivity contribution in [1.82, 2.24) is 15.0 Å². The Bertz CT molecular complexity index is 745. The first-order chi connectivity index (χ1) is 10.2. The third kappa shape index (κ3) is 2.89. The lowest BCUT2D eigenvalue weighted by Crippen LogP contribution is -1.97. The van der Waals surface area contributed by atoms with Gasteiger partial charge in [-0.25, -0.2) is 9.97 Å². The Morgan fingerprint density at radius 3 is 2.43 bits per heavy atom. The zero-order valence-corrected chi connectivity index (χ0v) is 10.9. The van der Waals surface area contributed by atoms with Gasteiger partial charge in [0.1, 0.15) is 11.6 Å². The fourth-order valence-corrected chi connectivity index (χ4v) is 1.78. The zero-order valence-electron chi connectivity index (χ0n) is 10.9. The van der Waals surface area contributed by atoms with Crippen LogP contribution in [0.25, 0.3) is 11.4 Å². The molecule has 0 aromatic carbocycles. The molecule has 6 heteroatoms. The summed E-state index contributed by atoms with van der Waals surface area (Å²) >= 11 is 0. The molecule has 0 bridgehead atoms. The molecule has 21 heavy (non-hydrogen) atoms. The van der Waals surface area contributed by atoms with Crippen LogP contribution in [0.2, 0.25) is 0 Å².